The Kier molecular flexibility index (Phi) is 36.1. The Hall–Kier alpha value is -4.18. The average Bonchev–Trinajstić information content (AvgIpc) is 0.756. The van der Waals surface area contributed by atoms with Crippen LogP contribution in [0.5, 0.6) is 0 Å². The standard InChI is InChI=1S/C64H108N5O50P/c1-15(76)66-27-36(85)47(23(11-74)104-56(27)98)112-57-28(67-16(2)77)37(86)48(24(12-75)109-57)114-63-46(95)52(35(84)25(110-63)13-101-60-43(92)39(88)31(80)19(7-70)106-60)117-64-54(41(90)32(81)20(8-71)108-64)119-58-29(68-17(3)78)38(87)49(26(111-58)14-103-120(99,100)102-6-5-65)113-59-30(69-18(4)79)50(33(82)21(9-72)105-59)115-62-45(94)51(34(83)22(10-73)107-62)116-61-44(93)40(89)42(91)53(118-61)55(96)97/h19-54,56-64,70-75,80-95,98H,5-14,65H2,1-4H3,(H,66,76)(H,67,77)(H,68,78)(H,69,79)(H,96,97)(H,99,100)/t19-,20-,21-,22-,23-,24-,25-,26-,27-,28-,29-,30-,31-,32-,33+,34+,35-,36-,37-,38-,39+,40+,41+,42+,43+,44-,45-,46+,47-,48-,49-,50-,51+,52+,53+,54+,56-,57+,58+,59+,60+,61-,62+,63+,64-/m1/s1. The molecule has 46 atom stereocenters. The first-order valence-corrected chi connectivity index (χ1v) is 39.0. The van der Waals surface area contributed by atoms with Gasteiger partial charge in [-0.15, -0.1) is 0 Å². The summed E-state index contributed by atoms with van der Waals surface area (Å²) in [6.45, 7) is -6.67. The van der Waals surface area contributed by atoms with Crippen molar-refractivity contribution in [3.05, 3.63) is 0 Å². The van der Waals surface area contributed by atoms with Gasteiger partial charge >= 0.3 is 13.8 Å². The van der Waals surface area contributed by atoms with E-state index in [1.807, 2.05) is 0 Å². The zero-order valence-corrected chi connectivity index (χ0v) is 64.9. The van der Waals surface area contributed by atoms with Crippen LogP contribution in [0.3, 0.4) is 0 Å². The number of carbonyl (C=O) groups excluding carboxylic acids is 4. The minimum Gasteiger partial charge on any atom is -0.479 e. The summed E-state index contributed by atoms with van der Waals surface area (Å²) in [6.07, 6.45) is -90.0. The predicted molar refractivity (Wildman–Crippen MR) is 368 cm³/mol. The smallest absolute Gasteiger partial charge is 0.472 e. The van der Waals surface area contributed by atoms with E-state index in [0.29, 0.717) is 0 Å². The number of phosphoric ester groups is 1. The van der Waals surface area contributed by atoms with Crippen molar-refractivity contribution in [2.24, 2.45) is 5.73 Å². The SMILES string of the molecule is CC(=O)N[C@@H]1[C@@H](O)[C@H](O[C@@H]2O[C@H](CO)[C@@H](O[C@@H]3O[C@H](CO[C@H]4O[C@H](CO)[C@@H](O)[C@H](O)[C@@H]4O)[C@@H](O)[C@H](O[C@H]4O[C@H](CO)[C@@H](O)[C@H](O)[C@@H]4O[C@@H]4O[C@H](COP(=O)(O)OCCN)[C@@H](O[C@@H]5O[C@H](CO)[C@H](O)[C@H](O[C@@H]6O[C@H](CO)[C@H](O)[C@H](O[C@@H]7O[C@H](C(=O)O)[C@@H](O)[C@H](O)[C@H]7O)[C@H]6O)[C@H]5NC(C)=O)[C@H](O)[C@H]4NC(C)=O)[C@@H]3O)[C@H](O)[C@H]2NC(C)=O)[C@@H](CO)O[C@H]1O. The lowest BCUT2D eigenvalue weighted by atomic mass is 9.93. The van der Waals surface area contributed by atoms with Crippen LogP contribution in [0, 0.1) is 0 Å². The largest absolute Gasteiger partial charge is 0.479 e. The maximum atomic E-state index is 13.5. The number of hydrogen-bond donors (Lipinski definition) is 30. The zero-order chi connectivity index (χ0) is 88.7. The Bertz CT molecular complexity index is 3330. The molecular weight excluding hydrogens is 1670 g/mol. The Morgan fingerprint density at radius 2 is 0.658 bits per heavy atom. The van der Waals surface area contributed by atoms with Gasteiger partial charge in [-0.25, -0.2) is 9.36 Å². The number of ether oxygens (including phenoxy) is 17. The first-order chi connectivity index (χ1) is 56.6. The van der Waals surface area contributed by atoms with Gasteiger partial charge in [-0.1, -0.05) is 0 Å². The highest BCUT2D eigenvalue weighted by molar-refractivity contribution is 7.47. The maximum absolute atomic E-state index is 13.5. The van der Waals surface area contributed by atoms with Gasteiger partial charge in [-0.3, -0.25) is 28.2 Å². The molecule has 120 heavy (non-hydrogen) atoms. The topological polar surface area (TPSA) is 858 Å². The van der Waals surface area contributed by atoms with Gasteiger partial charge in [0.1, 0.15) is 213 Å². The molecule has 9 fully saturated rings. The molecule has 0 bridgehead atoms. The molecule has 9 heterocycles. The number of aliphatic hydroxyl groups is 23. The highest BCUT2D eigenvalue weighted by Gasteiger charge is 2.62. The van der Waals surface area contributed by atoms with Gasteiger partial charge in [0.05, 0.1) is 59.5 Å². The van der Waals surface area contributed by atoms with Crippen molar-refractivity contribution in [3.63, 3.8) is 0 Å². The number of rotatable bonds is 34. The van der Waals surface area contributed by atoms with Gasteiger partial charge in [-0.05, 0) is 0 Å². The van der Waals surface area contributed by atoms with E-state index in [4.69, 9.17) is 95.3 Å². The Labute approximate surface area is 678 Å². The summed E-state index contributed by atoms with van der Waals surface area (Å²) in [5.41, 5.74) is 5.51. The van der Waals surface area contributed by atoms with E-state index in [0.717, 1.165) is 27.7 Å². The second kappa shape index (κ2) is 43.5. The molecule has 0 aliphatic carbocycles. The van der Waals surface area contributed by atoms with E-state index < -0.39 is 380 Å². The number of phosphoric acid groups is 1. The fraction of sp³-hybridized carbons (Fsp3) is 0.922. The van der Waals surface area contributed by atoms with Crippen molar-refractivity contribution in [1.82, 2.24) is 21.3 Å². The average molecular weight is 1780 g/mol. The number of nitrogens with one attached hydrogen (secondary N) is 4. The molecule has 9 rings (SSSR count). The second-order valence-electron chi connectivity index (χ2n) is 29.4. The van der Waals surface area contributed by atoms with E-state index in [2.05, 4.69) is 21.3 Å². The molecule has 31 N–H and O–H groups in total. The molecule has 0 aromatic rings. The van der Waals surface area contributed by atoms with E-state index in [9.17, 15) is 156 Å². The number of carboxylic acid groups (broad SMARTS) is 1. The molecule has 4 amide bonds. The van der Waals surface area contributed by atoms with Crippen molar-refractivity contribution in [2.45, 2.75) is 304 Å². The van der Waals surface area contributed by atoms with Gasteiger partial charge in [0.25, 0.3) is 0 Å². The Morgan fingerprint density at radius 3 is 1.17 bits per heavy atom. The maximum Gasteiger partial charge on any atom is 0.472 e. The third-order valence-corrected chi connectivity index (χ3v) is 21.9. The molecule has 0 spiro atoms. The fourth-order valence-electron chi connectivity index (χ4n) is 14.8. The van der Waals surface area contributed by atoms with Crippen LogP contribution in [0.2, 0.25) is 0 Å². The third kappa shape index (κ3) is 22.8. The van der Waals surface area contributed by atoms with Crippen LogP contribution in [-0.4, -0.2) is 499 Å². The lowest BCUT2D eigenvalue weighted by Gasteiger charge is -2.51. The van der Waals surface area contributed by atoms with Crippen molar-refractivity contribution >= 4 is 37.4 Å². The lowest BCUT2D eigenvalue weighted by Crippen LogP contribution is -2.71. The van der Waals surface area contributed by atoms with E-state index in [1.54, 1.807) is 0 Å². The molecule has 55 nitrogen and oxygen atoms in total. The summed E-state index contributed by atoms with van der Waals surface area (Å²) in [7, 11) is -5.35. The minimum absolute atomic E-state index is 0.407. The van der Waals surface area contributed by atoms with Crippen LogP contribution in [0.1, 0.15) is 27.7 Å². The zero-order valence-electron chi connectivity index (χ0n) is 64.0. The van der Waals surface area contributed by atoms with Crippen LogP contribution in [0.25, 0.3) is 0 Å². The fourth-order valence-corrected chi connectivity index (χ4v) is 15.6. The van der Waals surface area contributed by atoms with Crippen LogP contribution in [0.15, 0.2) is 0 Å². The molecule has 9 aliphatic heterocycles. The first kappa shape index (κ1) is 99.6. The molecule has 1 unspecified atom stereocenters. The van der Waals surface area contributed by atoms with Gasteiger partial charge in [0.15, 0.2) is 62.7 Å². The number of amides is 4. The van der Waals surface area contributed by atoms with E-state index in [1.165, 1.54) is 0 Å². The summed E-state index contributed by atoms with van der Waals surface area (Å²) in [4.78, 5) is 74.6. The molecule has 0 saturated carbocycles. The molecule has 0 radical (unpaired) electrons. The number of aliphatic hydroxyl groups excluding tert-OH is 23. The predicted octanol–water partition coefficient (Wildman–Crippen LogP) is -19.9. The Morgan fingerprint density at radius 1 is 0.317 bits per heavy atom. The number of aliphatic carboxylic acids is 1. The molecular formula is C64H108N5O50P. The van der Waals surface area contributed by atoms with Gasteiger partial charge in [0, 0.05) is 34.2 Å². The van der Waals surface area contributed by atoms with Crippen LogP contribution in [0.4, 0.5) is 0 Å². The quantitative estimate of drug-likeness (QED) is 0.0266. The van der Waals surface area contributed by atoms with Gasteiger partial charge in [-0.2, -0.15) is 0 Å². The summed E-state index contributed by atoms with van der Waals surface area (Å²) < 4.78 is 124. The monoisotopic (exact) mass is 1780 g/mol. The molecule has 9 aliphatic rings. The molecule has 0 aromatic heterocycles. The summed E-state index contributed by atoms with van der Waals surface area (Å²) in [5, 5.41) is 276. The normalized spacial score (nSPS) is 47.0. The van der Waals surface area contributed by atoms with Gasteiger partial charge < -0.3 is 235 Å². The highest BCUT2D eigenvalue weighted by atomic mass is 31.2. The molecule has 694 valence electrons. The summed E-state index contributed by atoms with van der Waals surface area (Å²) in [5.74, 6) is -5.76. The van der Waals surface area contributed by atoms with Crippen molar-refractivity contribution in [3.8, 4) is 0 Å². The lowest BCUT2D eigenvalue weighted by molar-refractivity contribution is -0.397. The van der Waals surface area contributed by atoms with Crippen molar-refractivity contribution in [2.75, 3.05) is 66.0 Å². The van der Waals surface area contributed by atoms with Crippen LogP contribution >= 0.6 is 7.82 Å². The number of carbonyl (C=O) groups is 5. The van der Waals surface area contributed by atoms with Crippen molar-refractivity contribution < 1.29 is 246 Å². The molecule has 56 heteroatoms. The van der Waals surface area contributed by atoms with Gasteiger partial charge in [0.2, 0.25) is 23.6 Å². The number of nitrogens with two attached hydrogens (primary N) is 1. The minimum atomic E-state index is -5.35. The number of carboxylic acids is 1. The van der Waals surface area contributed by atoms with Crippen LogP contribution < -0.4 is 27.0 Å². The molecule has 9 saturated heterocycles. The second-order valence-corrected chi connectivity index (χ2v) is 30.9. The van der Waals surface area contributed by atoms with E-state index >= 15 is 0 Å². The highest BCUT2D eigenvalue weighted by Crippen LogP contribution is 2.45. The first-order valence-electron chi connectivity index (χ1n) is 37.5. The van der Waals surface area contributed by atoms with E-state index in [-0.39, 0.29) is 0 Å². The Balaban J connectivity index is 1.05. The van der Waals surface area contributed by atoms with Crippen molar-refractivity contribution in [1.29, 1.82) is 0 Å². The third-order valence-electron chi connectivity index (χ3n) is 20.9. The summed E-state index contributed by atoms with van der Waals surface area (Å²) >= 11 is 0. The summed E-state index contributed by atoms with van der Waals surface area (Å²) in [6, 6.07) is -7.84. The molecule has 0 aromatic carbocycles. The number of hydrogen-bond acceptors (Lipinski definition) is 49. The van der Waals surface area contributed by atoms with Crippen LogP contribution in [-0.2, 0) is 118 Å².